The van der Waals surface area contributed by atoms with Crippen LogP contribution in [-0.4, -0.2) is 12.0 Å². The molecule has 0 radical (unpaired) electrons. The van der Waals surface area contributed by atoms with Gasteiger partial charge in [-0.2, -0.15) is 0 Å². The fraction of sp³-hybridized carbons (Fsp3) is 0.357. The summed E-state index contributed by atoms with van der Waals surface area (Å²) >= 11 is 15.9. The summed E-state index contributed by atoms with van der Waals surface area (Å²) in [5.41, 5.74) is 3.99. The van der Waals surface area contributed by atoms with Crippen LogP contribution in [0.3, 0.4) is 0 Å². The molecule has 0 atom stereocenters. The first kappa shape index (κ1) is 14.9. The average Bonchev–Trinajstić information content (AvgIpc) is 2.35. The molecule has 0 saturated carbocycles. The van der Waals surface area contributed by atoms with Gasteiger partial charge < -0.3 is 5.32 Å². The quantitative estimate of drug-likeness (QED) is 0.686. The summed E-state index contributed by atoms with van der Waals surface area (Å²) in [5.74, 6) is 0.382. The molecule has 0 amide bonds. The van der Waals surface area contributed by atoms with Crippen molar-refractivity contribution in [1.82, 2.24) is 4.98 Å². The van der Waals surface area contributed by atoms with Crippen molar-refractivity contribution < 1.29 is 0 Å². The van der Waals surface area contributed by atoms with Crippen LogP contribution in [0.2, 0.25) is 10.0 Å². The molecule has 2 nitrogen and oxygen atoms in total. The van der Waals surface area contributed by atoms with E-state index in [4.69, 9.17) is 23.2 Å². The van der Waals surface area contributed by atoms with Crippen molar-refractivity contribution in [3.63, 3.8) is 0 Å². The van der Waals surface area contributed by atoms with Gasteiger partial charge in [-0.1, -0.05) is 37.0 Å². The van der Waals surface area contributed by atoms with Crippen molar-refractivity contribution in [1.29, 1.82) is 0 Å². The third-order valence-corrected chi connectivity index (χ3v) is 4.88. The summed E-state index contributed by atoms with van der Waals surface area (Å²) < 4.78 is 0.781. The van der Waals surface area contributed by atoms with E-state index in [1.807, 2.05) is 20.0 Å². The van der Waals surface area contributed by atoms with Crippen LogP contribution in [0.25, 0.3) is 10.9 Å². The van der Waals surface area contributed by atoms with Crippen LogP contribution in [-0.2, 0) is 0 Å². The van der Waals surface area contributed by atoms with Gasteiger partial charge in [0.2, 0.25) is 0 Å². The number of anilines is 1. The zero-order valence-electron chi connectivity index (χ0n) is 11.2. The van der Waals surface area contributed by atoms with Crippen molar-refractivity contribution >= 4 is 55.7 Å². The Balaban J connectivity index is 2.98. The van der Waals surface area contributed by atoms with Crippen LogP contribution in [0.4, 0.5) is 5.69 Å². The molecule has 1 heterocycles. The lowest BCUT2D eigenvalue weighted by atomic mass is 9.97. The lowest BCUT2D eigenvalue weighted by molar-refractivity contribution is 0.849. The summed E-state index contributed by atoms with van der Waals surface area (Å²) in [5, 5.41) is 5.24. The number of pyridine rings is 1. The molecule has 0 aliphatic carbocycles. The minimum absolute atomic E-state index is 0.382. The summed E-state index contributed by atoms with van der Waals surface area (Å²) in [6.45, 7) is 6.31. The van der Waals surface area contributed by atoms with E-state index in [-0.39, 0.29) is 0 Å². The van der Waals surface area contributed by atoms with Crippen LogP contribution < -0.4 is 5.32 Å². The van der Waals surface area contributed by atoms with Gasteiger partial charge in [-0.15, -0.1) is 0 Å². The minimum Gasteiger partial charge on any atom is -0.387 e. The smallest absolute Gasteiger partial charge is 0.0928 e. The van der Waals surface area contributed by atoms with Crippen molar-refractivity contribution in [3.8, 4) is 0 Å². The maximum atomic E-state index is 6.31. The van der Waals surface area contributed by atoms with Crippen LogP contribution in [0, 0.1) is 6.92 Å². The van der Waals surface area contributed by atoms with E-state index in [0.29, 0.717) is 16.0 Å². The molecule has 2 rings (SSSR count). The number of aryl methyl sites for hydroxylation is 1. The predicted molar refractivity (Wildman–Crippen MR) is 87.8 cm³/mol. The number of benzene rings is 1. The van der Waals surface area contributed by atoms with Crippen LogP contribution in [0.1, 0.15) is 31.0 Å². The molecule has 2 aromatic rings. The van der Waals surface area contributed by atoms with Gasteiger partial charge in [0.1, 0.15) is 0 Å². The van der Waals surface area contributed by atoms with Crippen molar-refractivity contribution in [2.75, 3.05) is 12.4 Å². The van der Waals surface area contributed by atoms with Gasteiger partial charge in [-0.05, 0) is 40.4 Å². The Morgan fingerprint density at radius 1 is 1.26 bits per heavy atom. The van der Waals surface area contributed by atoms with Crippen LogP contribution in [0.5, 0.6) is 0 Å². The second kappa shape index (κ2) is 5.47. The number of nitrogens with one attached hydrogen (secondary N) is 1. The van der Waals surface area contributed by atoms with E-state index in [1.165, 1.54) is 5.56 Å². The highest BCUT2D eigenvalue weighted by molar-refractivity contribution is 9.10. The van der Waals surface area contributed by atoms with E-state index in [9.17, 15) is 0 Å². The average molecular weight is 362 g/mol. The first-order chi connectivity index (χ1) is 8.88. The first-order valence-corrected chi connectivity index (χ1v) is 7.58. The Labute approximate surface area is 131 Å². The van der Waals surface area contributed by atoms with Crippen molar-refractivity contribution in [3.05, 3.63) is 31.8 Å². The van der Waals surface area contributed by atoms with Gasteiger partial charge in [0.25, 0.3) is 0 Å². The highest BCUT2D eigenvalue weighted by atomic mass is 79.9. The fourth-order valence-electron chi connectivity index (χ4n) is 2.42. The molecule has 0 fully saturated rings. The first-order valence-electron chi connectivity index (χ1n) is 6.03. The Morgan fingerprint density at radius 3 is 2.42 bits per heavy atom. The molecule has 19 heavy (non-hydrogen) atoms. The zero-order chi connectivity index (χ0) is 14.3. The summed E-state index contributed by atoms with van der Waals surface area (Å²) in [6.07, 6.45) is 0. The molecule has 0 aliphatic rings. The van der Waals surface area contributed by atoms with Gasteiger partial charge in [-0.3, -0.25) is 4.98 Å². The minimum atomic E-state index is 0.382. The highest BCUT2D eigenvalue weighted by Crippen LogP contribution is 2.41. The predicted octanol–water partition coefficient (Wildman–Crippen LogP) is 5.78. The second-order valence-electron chi connectivity index (χ2n) is 4.77. The molecule has 0 saturated heterocycles. The molecule has 1 aromatic heterocycles. The number of halogens is 3. The SMILES string of the molecule is CNc1c(C(C)C)c(C)nc2c(Cl)c(Cl)c(Br)cc12. The van der Waals surface area contributed by atoms with Gasteiger partial charge in [0, 0.05) is 28.3 Å². The molecular weight excluding hydrogens is 347 g/mol. The molecule has 0 bridgehead atoms. The van der Waals surface area contributed by atoms with Gasteiger partial charge in [0.15, 0.2) is 0 Å². The number of rotatable bonds is 2. The summed E-state index contributed by atoms with van der Waals surface area (Å²) in [6, 6.07) is 1.97. The Bertz CT molecular complexity index is 654. The second-order valence-corrected chi connectivity index (χ2v) is 6.38. The van der Waals surface area contributed by atoms with Crippen molar-refractivity contribution in [2.24, 2.45) is 0 Å². The number of hydrogen-bond acceptors (Lipinski definition) is 2. The number of aromatic nitrogens is 1. The fourth-order valence-corrected chi connectivity index (χ4v) is 3.35. The topological polar surface area (TPSA) is 24.9 Å². The monoisotopic (exact) mass is 360 g/mol. The van der Waals surface area contributed by atoms with E-state index in [0.717, 1.165) is 26.8 Å². The summed E-state index contributed by atoms with van der Waals surface area (Å²) in [7, 11) is 1.91. The Kier molecular flexibility index (Phi) is 4.29. The lowest BCUT2D eigenvalue weighted by Gasteiger charge is -2.19. The van der Waals surface area contributed by atoms with E-state index >= 15 is 0 Å². The molecule has 0 spiro atoms. The maximum Gasteiger partial charge on any atom is 0.0928 e. The molecule has 102 valence electrons. The zero-order valence-corrected chi connectivity index (χ0v) is 14.3. The highest BCUT2D eigenvalue weighted by Gasteiger charge is 2.18. The largest absolute Gasteiger partial charge is 0.387 e. The third kappa shape index (κ3) is 2.44. The summed E-state index contributed by atoms with van der Waals surface area (Å²) in [4.78, 5) is 4.63. The molecule has 5 heteroatoms. The van der Waals surface area contributed by atoms with Gasteiger partial charge in [-0.25, -0.2) is 0 Å². The molecular formula is C14H15BrCl2N2. The number of fused-ring (bicyclic) bond motifs is 1. The maximum absolute atomic E-state index is 6.31. The van der Waals surface area contributed by atoms with Crippen LogP contribution >= 0.6 is 39.1 Å². The number of hydrogen-bond donors (Lipinski definition) is 1. The van der Waals surface area contributed by atoms with E-state index in [2.05, 4.69) is 40.1 Å². The van der Waals surface area contributed by atoms with Gasteiger partial charge >= 0.3 is 0 Å². The molecule has 1 N–H and O–H groups in total. The normalized spacial score (nSPS) is 11.4. The van der Waals surface area contributed by atoms with E-state index < -0.39 is 0 Å². The number of nitrogens with zero attached hydrogens (tertiary/aromatic N) is 1. The van der Waals surface area contributed by atoms with E-state index in [1.54, 1.807) is 0 Å². The standard InChI is InChI=1S/C14H15BrCl2N2/c1-6(2)10-7(3)19-14-8(13(10)18-4)5-9(15)11(16)12(14)17/h5-6H,1-4H3,(H,18,19). The molecule has 1 aromatic carbocycles. The van der Waals surface area contributed by atoms with Crippen LogP contribution in [0.15, 0.2) is 10.5 Å². The third-order valence-electron chi connectivity index (χ3n) is 3.17. The Hall–Kier alpha value is -0.510. The molecule has 0 aliphatic heterocycles. The molecule has 0 unspecified atom stereocenters. The lowest BCUT2D eigenvalue weighted by Crippen LogP contribution is -2.04. The van der Waals surface area contributed by atoms with Crippen molar-refractivity contribution in [2.45, 2.75) is 26.7 Å². The van der Waals surface area contributed by atoms with Gasteiger partial charge in [0.05, 0.1) is 15.6 Å². The Morgan fingerprint density at radius 2 is 1.89 bits per heavy atom.